The zero-order valence-electron chi connectivity index (χ0n) is 9.05. The number of alkyl halides is 1. The number of ketones is 1. The Hall–Kier alpha value is -1.40. The summed E-state index contributed by atoms with van der Waals surface area (Å²) in [4.78, 5) is 21.3. The molecule has 1 rings (SSSR count). The zero-order valence-corrected chi connectivity index (χ0v) is 10.6. The van der Waals surface area contributed by atoms with Crippen molar-refractivity contribution in [3.63, 3.8) is 0 Å². The first-order valence-corrected chi connectivity index (χ1v) is 5.71. The summed E-state index contributed by atoms with van der Waals surface area (Å²) < 4.78 is 0. The number of hydrogen-bond donors (Lipinski definition) is 3. The van der Waals surface area contributed by atoms with E-state index in [1.807, 2.05) is 0 Å². The number of aliphatic hydroxyl groups excluding tert-OH is 1. The molecule has 1 aromatic carbocycles. The number of nitrogens with two attached hydrogens (primary N) is 1. The van der Waals surface area contributed by atoms with Crippen LogP contribution < -0.4 is 5.73 Å². The Bertz CT molecular complexity index is 461. The third kappa shape index (κ3) is 3.04. The fourth-order valence-electron chi connectivity index (χ4n) is 1.34. The Labute approximate surface area is 106 Å². The highest BCUT2D eigenvalue weighted by atomic mass is 79.9. The first-order chi connectivity index (χ1) is 7.84. The Balaban J connectivity index is 3.19. The van der Waals surface area contributed by atoms with Crippen molar-refractivity contribution in [2.24, 2.45) is 0 Å². The van der Waals surface area contributed by atoms with E-state index in [0.29, 0.717) is 11.3 Å². The van der Waals surface area contributed by atoms with Crippen LogP contribution in [0.25, 0.3) is 0 Å². The van der Waals surface area contributed by atoms with E-state index in [0.717, 1.165) is 0 Å². The number of halogens is 1. The summed E-state index contributed by atoms with van der Waals surface area (Å²) in [6.07, 6.45) is -1.62. The number of hydrogen-bond acceptors (Lipinski definition) is 4. The molecule has 6 heteroatoms. The summed E-state index contributed by atoms with van der Waals surface area (Å²) in [5.74, 6) is -1.51. The molecule has 0 bridgehead atoms. The Morgan fingerprint density at radius 1 is 1.41 bits per heavy atom. The minimum absolute atomic E-state index is 0.154. The highest BCUT2D eigenvalue weighted by Gasteiger charge is 2.20. The lowest BCUT2D eigenvalue weighted by molar-refractivity contribution is -0.146. The average Bonchev–Trinajstić information content (AvgIpc) is 2.27. The molecule has 0 spiro atoms. The molecular weight excluding hydrogens is 290 g/mol. The summed E-state index contributed by atoms with van der Waals surface area (Å²) >= 11 is 3.16. The van der Waals surface area contributed by atoms with Crippen LogP contribution in [0.2, 0.25) is 0 Å². The van der Waals surface area contributed by atoms with Crippen molar-refractivity contribution >= 4 is 33.4 Å². The predicted molar refractivity (Wildman–Crippen MR) is 65.8 cm³/mol. The second-order valence-electron chi connectivity index (χ2n) is 3.60. The lowest BCUT2D eigenvalue weighted by atomic mass is 10.0. The number of Topliss-reactive ketones (excluding diaryl/α,β-unsaturated/α-hetero) is 1. The summed E-state index contributed by atoms with van der Waals surface area (Å²) in [7, 11) is 0. The van der Waals surface area contributed by atoms with E-state index < -0.39 is 16.9 Å². The number of anilines is 1. The van der Waals surface area contributed by atoms with Gasteiger partial charge in [-0.1, -0.05) is 22.0 Å². The molecule has 0 aliphatic carbocycles. The van der Waals surface area contributed by atoms with Gasteiger partial charge < -0.3 is 15.9 Å². The molecule has 0 saturated heterocycles. The fraction of sp³-hybridized carbons (Fsp3) is 0.273. The quantitative estimate of drug-likeness (QED) is 0.577. The topological polar surface area (TPSA) is 101 Å². The van der Waals surface area contributed by atoms with E-state index in [9.17, 15) is 14.7 Å². The Kier molecular flexibility index (Phi) is 4.25. The summed E-state index contributed by atoms with van der Waals surface area (Å²) in [5, 5.41) is 18.1. The number of nitrogen functional groups attached to an aromatic ring is 1. The van der Waals surface area contributed by atoms with Crippen molar-refractivity contribution in [2.45, 2.75) is 17.9 Å². The van der Waals surface area contributed by atoms with E-state index in [4.69, 9.17) is 10.8 Å². The van der Waals surface area contributed by atoms with E-state index in [1.165, 1.54) is 25.1 Å². The predicted octanol–water partition coefficient (Wildman–Crippen LogP) is 1.41. The minimum Gasteiger partial charge on any atom is -0.479 e. The van der Waals surface area contributed by atoms with Crippen molar-refractivity contribution < 1.29 is 19.8 Å². The summed E-state index contributed by atoms with van der Waals surface area (Å²) in [6.45, 7) is 1.39. The van der Waals surface area contributed by atoms with Gasteiger partial charge in [0, 0.05) is 5.69 Å². The van der Waals surface area contributed by atoms with Crippen molar-refractivity contribution in [3.8, 4) is 0 Å². The normalized spacial score (nSPS) is 14.1. The Morgan fingerprint density at radius 2 is 2.00 bits per heavy atom. The number of benzene rings is 1. The molecule has 0 aliphatic heterocycles. The molecule has 2 atom stereocenters. The van der Waals surface area contributed by atoms with Crippen LogP contribution in [0.3, 0.4) is 0 Å². The molecule has 5 nitrogen and oxygen atoms in total. The van der Waals surface area contributed by atoms with Crippen LogP contribution in [0.4, 0.5) is 5.69 Å². The first kappa shape index (κ1) is 13.7. The maximum atomic E-state index is 11.2. The monoisotopic (exact) mass is 301 g/mol. The van der Waals surface area contributed by atoms with Crippen molar-refractivity contribution in [1.82, 2.24) is 0 Å². The third-order valence-electron chi connectivity index (χ3n) is 2.29. The number of carboxylic acid groups (broad SMARTS) is 1. The van der Waals surface area contributed by atoms with E-state index in [-0.39, 0.29) is 11.3 Å². The summed E-state index contributed by atoms with van der Waals surface area (Å²) in [6, 6.07) is 4.29. The van der Waals surface area contributed by atoms with E-state index in [2.05, 4.69) is 15.9 Å². The molecule has 0 radical (unpaired) electrons. The van der Waals surface area contributed by atoms with Gasteiger partial charge in [-0.25, -0.2) is 4.79 Å². The molecule has 0 amide bonds. The van der Waals surface area contributed by atoms with Crippen LogP contribution in [0.1, 0.15) is 29.0 Å². The number of carboxylic acids is 1. The molecule has 17 heavy (non-hydrogen) atoms. The molecule has 0 heterocycles. The van der Waals surface area contributed by atoms with E-state index in [1.54, 1.807) is 0 Å². The maximum Gasteiger partial charge on any atom is 0.337 e. The van der Waals surface area contributed by atoms with Crippen LogP contribution in [0.5, 0.6) is 0 Å². The molecule has 0 fully saturated rings. The standard InChI is InChI=1S/C11H12BrNO4/c1-5(14)9(12)7-4-6(2-3-8(7)13)10(15)11(16)17/h2-4,9-10,15H,13H2,1H3,(H,16,17). The molecular formula is C11H12BrNO4. The maximum absolute atomic E-state index is 11.2. The van der Waals surface area contributed by atoms with Crippen LogP contribution in [-0.2, 0) is 9.59 Å². The van der Waals surface area contributed by atoms with Gasteiger partial charge in [0.25, 0.3) is 0 Å². The van der Waals surface area contributed by atoms with Crippen LogP contribution in [0.15, 0.2) is 18.2 Å². The number of carbonyl (C=O) groups is 2. The molecule has 0 aromatic heterocycles. The van der Waals surface area contributed by atoms with Crippen LogP contribution in [0, 0.1) is 0 Å². The van der Waals surface area contributed by atoms with Gasteiger partial charge >= 0.3 is 5.97 Å². The molecule has 4 N–H and O–H groups in total. The van der Waals surface area contributed by atoms with Crippen molar-refractivity contribution in [2.75, 3.05) is 5.73 Å². The summed E-state index contributed by atoms with van der Waals surface area (Å²) in [5.41, 5.74) is 6.70. The van der Waals surface area contributed by atoms with Crippen molar-refractivity contribution in [1.29, 1.82) is 0 Å². The number of rotatable bonds is 4. The van der Waals surface area contributed by atoms with E-state index >= 15 is 0 Å². The lowest BCUT2D eigenvalue weighted by Gasteiger charge is -2.13. The van der Waals surface area contributed by atoms with Gasteiger partial charge in [0.2, 0.25) is 0 Å². The van der Waals surface area contributed by atoms with Crippen LogP contribution in [-0.4, -0.2) is 22.0 Å². The van der Waals surface area contributed by atoms with Gasteiger partial charge in [-0.05, 0) is 30.2 Å². The Morgan fingerprint density at radius 3 is 2.47 bits per heavy atom. The number of aliphatic hydroxyl groups is 1. The smallest absolute Gasteiger partial charge is 0.337 e. The average molecular weight is 302 g/mol. The van der Waals surface area contributed by atoms with Crippen molar-refractivity contribution in [3.05, 3.63) is 29.3 Å². The molecule has 2 unspecified atom stereocenters. The van der Waals surface area contributed by atoms with Gasteiger partial charge in [-0.2, -0.15) is 0 Å². The largest absolute Gasteiger partial charge is 0.479 e. The number of aliphatic carboxylic acids is 1. The molecule has 0 aliphatic rings. The second-order valence-corrected chi connectivity index (χ2v) is 4.52. The lowest BCUT2D eigenvalue weighted by Crippen LogP contribution is -2.12. The third-order valence-corrected chi connectivity index (χ3v) is 3.43. The number of carbonyl (C=O) groups excluding carboxylic acids is 1. The molecule has 1 aromatic rings. The minimum atomic E-state index is -1.62. The van der Waals surface area contributed by atoms with Crippen LogP contribution >= 0.6 is 15.9 Å². The highest BCUT2D eigenvalue weighted by Crippen LogP contribution is 2.31. The molecule has 0 saturated carbocycles. The van der Waals surface area contributed by atoms with Gasteiger partial charge in [0.1, 0.15) is 5.78 Å². The van der Waals surface area contributed by atoms with Gasteiger partial charge in [-0.15, -0.1) is 0 Å². The SMILES string of the molecule is CC(=O)C(Br)c1cc(C(O)C(=O)O)ccc1N. The fourth-order valence-corrected chi connectivity index (χ4v) is 1.74. The van der Waals surface area contributed by atoms with Gasteiger partial charge in [0.05, 0.1) is 4.83 Å². The first-order valence-electron chi connectivity index (χ1n) is 4.79. The van der Waals surface area contributed by atoms with Gasteiger partial charge in [-0.3, -0.25) is 4.79 Å². The van der Waals surface area contributed by atoms with Gasteiger partial charge in [0.15, 0.2) is 6.10 Å². The molecule has 92 valence electrons. The highest BCUT2D eigenvalue weighted by molar-refractivity contribution is 9.09. The second kappa shape index (κ2) is 5.29. The zero-order chi connectivity index (χ0) is 13.2.